The number of hydrogen-bond acceptors (Lipinski definition) is 2. The minimum absolute atomic E-state index is 0.192. The van der Waals surface area contributed by atoms with Crippen LogP contribution in [0.2, 0.25) is 0 Å². The average Bonchev–Trinajstić information content (AvgIpc) is 3.05. The second-order valence-corrected chi connectivity index (χ2v) is 6.29. The molecule has 103 valence electrons. The van der Waals surface area contributed by atoms with E-state index in [9.17, 15) is 0 Å². The van der Waals surface area contributed by atoms with Crippen molar-refractivity contribution in [3.8, 4) is 10.6 Å². The molecule has 1 atom stereocenters. The van der Waals surface area contributed by atoms with Gasteiger partial charge >= 0.3 is 0 Å². The lowest BCUT2D eigenvalue weighted by molar-refractivity contribution is 0.562. The maximum absolute atomic E-state index is 4.84. The van der Waals surface area contributed by atoms with Gasteiger partial charge in [0.05, 0.1) is 16.6 Å². The Kier molecular flexibility index (Phi) is 3.30. The van der Waals surface area contributed by atoms with Crippen molar-refractivity contribution in [3.05, 3.63) is 76.8 Å². The third-order valence-corrected chi connectivity index (χ3v) is 5.02. The molecule has 0 aliphatic carbocycles. The Morgan fingerprint density at radius 2 is 1.86 bits per heavy atom. The lowest BCUT2D eigenvalue weighted by atomic mass is 9.93. The standard InChI is InChI=1S/C18H15N2S/c1-2-6-14-13(5-1)10-12-20-18(14)17-9-8-16(21-17)15-7-3-4-11-19-15/h1-9,11,18H,10,12H2. The molecule has 0 fully saturated rings. The van der Waals surface area contributed by atoms with Crippen molar-refractivity contribution < 1.29 is 0 Å². The van der Waals surface area contributed by atoms with Crippen molar-refractivity contribution in [2.75, 3.05) is 6.54 Å². The van der Waals surface area contributed by atoms with Gasteiger partial charge in [-0.1, -0.05) is 30.3 Å². The van der Waals surface area contributed by atoms with Crippen LogP contribution in [0.15, 0.2) is 60.8 Å². The number of thiophene rings is 1. The Bertz CT molecular complexity index is 749. The number of hydrogen-bond donors (Lipinski definition) is 0. The van der Waals surface area contributed by atoms with Crippen LogP contribution in [0.4, 0.5) is 0 Å². The van der Waals surface area contributed by atoms with E-state index >= 15 is 0 Å². The first-order valence-electron chi connectivity index (χ1n) is 7.17. The molecule has 0 bridgehead atoms. The van der Waals surface area contributed by atoms with Crippen LogP contribution in [-0.4, -0.2) is 11.5 Å². The number of benzene rings is 1. The zero-order valence-electron chi connectivity index (χ0n) is 11.6. The number of rotatable bonds is 2. The molecule has 1 radical (unpaired) electrons. The molecule has 4 rings (SSSR count). The van der Waals surface area contributed by atoms with Crippen molar-refractivity contribution in [2.24, 2.45) is 0 Å². The average molecular weight is 291 g/mol. The van der Waals surface area contributed by atoms with Crippen molar-refractivity contribution in [1.82, 2.24) is 10.3 Å². The Balaban J connectivity index is 1.71. The number of aromatic nitrogens is 1. The zero-order valence-corrected chi connectivity index (χ0v) is 12.4. The first kappa shape index (κ1) is 12.7. The van der Waals surface area contributed by atoms with Gasteiger partial charge in [-0.25, -0.2) is 5.32 Å². The molecule has 2 aromatic heterocycles. The van der Waals surface area contributed by atoms with E-state index in [2.05, 4.69) is 47.4 Å². The summed E-state index contributed by atoms with van der Waals surface area (Å²) in [6.07, 6.45) is 2.90. The van der Waals surface area contributed by atoms with Gasteiger partial charge in [-0.15, -0.1) is 11.3 Å². The second-order valence-electron chi connectivity index (χ2n) is 5.17. The molecule has 2 nitrogen and oxygen atoms in total. The van der Waals surface area contributed by atoms with E-state index in [1.54, 1.807) is 11.3 Å². The molecule has 3 heteroatoms. The molecule has 0 amide bonds. The van der Waals surface area contributed by atoms with Gasteiger partial charge in [-0.05, 0) is 41.8 Å². The fourth-order valence-corrected chi connectivity index (χ4v) is 3.89. The van der Waals surface area contributed by atoms with E-state index in [0.717, 1.165) is 18.7 Å². The number of fused-ring (bicyclic) bond motifs is 1. The molecule has 0 saturated carbocycles. The maximum Gasteiger partial charge on any atom is 0.0841 e. The van der Waals surface area contributed by atoms with Crippen LogP contribution >= 0.6 is 11.3 Å². The highest BCUT2D eigenvalue weighted by molar-refractivity contribution is 7.15. The van der Waals surface area contributed by atoms with Gasteiger partial charge in [0.2, 0.25) is 0 Å². The Morgan fingerprint density at radius 1 is 0.952 bits per heavy atom. The highest BCUT2D eigenvalue weighted by Gasteiger charge is 2.23. The molecular weight excluding hydrogens is 276 g/mol. The summed E-state index contributed by atoms with van der Waals surface area (Å²) in [5, 5.41) is 4.84. The third-order valence-electron chi connectivity index (χ3n) is 3.86. The van der Waals surface area contributed by atoms with Crippen LogP contribution in [0.1, 0.15) is 22.0 Å². The highest BCUT2D eigenvalue weighted by atomic mass is 32.1. The minimum atomic E-state index is 0.192. The van der Waals surface area contributed by atoms with Crippen LogP contribution in [0.5, 0.6) is 0 Å². The highest BCUT2D eigenvalue weighted by Crippen LogP contribution is 2.36. The molecule has 1 aliphatic rings. The molecule has 1 unspecified atom stereocenters. The largest absolute Gasteiger partial charge is 0.255 e. The van der Waals surface area contributed by atoms with Gasteiger partial charge in [0.25, 0.3) is 0 Å². The van der Waals surface area contributed by atoms with Crippen molar-refractivity contribution in [3.63, 3.8) is 0 Å². The fraction of sp³-hybridized carbons (Fsp3) is 0.167. The van der Waals surface area contributed by atoms with Crippen molar-refractivity contribution in [2.45, 2.75) is 12.5 Å². The summed E-state index contributed by atoms with van der Waals surface area (Å²) in [4.78, 5) is 6.95. The third kappa shape index (κ3) is 2.39. The lowest BCUT2D eigenvalue weighted by Gasteiger charge is -2.24. The second kappa shape index (κ2) is 5.43. The number of pyridine rings is 1. The maximum atomic E-state index is 4.84. The van der Waals surface area contributed by atoms with Gasteiger partial charge in [-0.2, -0.15) is 0 Å². The summed E-state index contributed by atoms with van der Waals surface area (Å²) < 4.78 is 0. The van der Waals surface area contributed by atoms with Crippen LogP contribution in [0, 0.1) is 0 Å². The van der Waals surface area contributed by atoms with Crippen molar-refractivity contribution >= 4 is 11.3 Å². The van der Waals surface area contributed by atoms with Gasteiger partial charge in [-0.3, -0.25) is 4.98 Å². The van der Waals surface area contributed by atoms with E-state index in [0.29, 0.717) is 0 Å². The normalized spacial score (nSPS) is 17.4. The summed E-state index contributed by atoms with van der Waals surface area (Å²) in [6, 6.07) is 19.3. The van der Waals surface area contributed by atoms with Crippen LogP contribution in [-0.2, 0) is 6.42 Å². The van der Waals surface area contributed by atoms with Gasteiger partial charge in [0.15, 0.2) is 0 Å². The predicted molar refractivity (Wildman–Crippen MR) is 86.5 cm³/mol. The minimum Gasteiger partial charge on any atom is -0.255 e. The van der Waals surface area contributed by atoms with Crippen LogP contribution in [0.3, 0.4) is 0 Å². The Morgan fingerprint density at radius 3 is 2.76 bits per heavy atom. The van der Waals surface area contributed by atoms with Gasteiger partial charge < -0.3 is 0 Å². The van der Waals surface area contributed by atoms with Crippen LogP contribution in [0.25, 0.3) is 10.6 Å². The molecule has 21 heavy (non-hydrogen) atoms. The van der Waals surface area contributed by atoms with Crippen LogP contribution < -0.4 is 5.32 Å². The topological polar surface area (TPSA) is 27.0 Å². The molecule has 1 aliphatic heterocycles. The van der Waals surface area contributed by atoms with E-state index in [-0.39, 0.29) is 6.04 Å². The van der Waals surface area contributed by atoms with Crippen molar-refractivity contribution in [1.29, 1.82) is 0 Å². The number of nitrogens with zero attached hydrogens (tertiary/aromatic N) is 2. The molecule has 0 N–H and O–H groups in total. The molecule has 3 heterocycles. The quantitative estimate of drug-likeness (QED) is 0.699. The van der Waals surface area contributed by atoms with Gasteiger partial charge in [0.1, 0.15) is 0 Å². The Labute approximate surface area is 128 Å². The molecular formula is C18H15N2S. The molecule has 1 aromatic carbocycles. The summed E-state index contributed by atoms with van der Waals surface area (Å²) >= 11 is 1.80. The summed E-state index contributed by atoms with van der Waals surface area (Å²) in [6.45, 7) is 0.915. The van der Waals surface area contributed by atoms with E-state index in [1.807, 2.05) is 18.3 Å². The Hall–Kier alpha value is -1.97. The van der Waals surface area contributed by atoms with Gasteiger partial charge in [0, 0.05) is 17.6 Å². The summed E-state index contributed by atoms with van der Waals surface area (Å²) in [5.41, 5.74) is 3.83. The molecule has 0 spiro atoms. The smallest absolute Gasteiger partial charge is 0.0841 e. The van der Waals surface area contributed by atoms with E-state index in [1.165, 1.54) is 20.9 Å². The SMILES string of the molecule is c1ccc(-c2ccc(C3[N]CCc4ccccc43)s2)nc1. The lowest BCUT2D eigenvalue weighted by Crippen LogP contribution is -2.23. The van der Waals surface area contributed by atoms with E-state index < -0.39 is 0 Å². The first-order chi connectivity index (χ1) is 10.4. The summed E-state index contributed by atoms with van der Waals surface area (Å²) in [7, 11) is 0. The monoisotopic (exact) mass is 291 g/mol. The first-order valence-corrected chi connectivity index (χ1v) is 7.99. The molecule has 3 aromatic rings. The predicted octanol–water partition coefficient (Wildman–Crippen LogP) is 4.06. The summed E-state index contributed by atoms with van der Waals surface area (Å²) in [5.74, 6) is 0. The van der Waals surface area contributed by atoms with E-state index in [4.69, 9.17) is 5.32 Å². The molecule has 0 saturated heterocycles. The fourth-order valence-electron chi connectivity index (χ4n) is 2.83. The zero-order chi connectivity index (χ0) is 14.1.